The number of ether oxygens (including phenoxy) is 3. The maximum atomic E-state index is 9.28. The maximum Gasteiger partial charge on any atom is 0.232 e. The molecule has 0 aliphatic rings. The Morgan fingerprint density at radius 2 is 1.86 bits per heavy atom. The van der Waals surface area contributed by atoms with E-state index >= 15 is 0 Å². The summed E-state index contributed by atoms with van der Waals surface area (Å²) >= 11 is 0. The largest absolute Gasteiger partial charge is 0.491 e. The van der Waals surface area contributed by atoms with E-state index in [4.69, 9.17) is 14.2 Å². The van der Waals surface area contributed by atoms with E-state index in [0.29, 0.717) is 24.7 Å². The first-order valence-corrected chi connectivity index (χ1v) is 6.45. The summed E-state index contributed by atoms with van der Waals surface area (Å²) in [6.45, 7) is 1.05. The van der Waals surface area contributed by atoms with E-state index in [1.165, 1.54) is 7.11 Å². The van der Waals surface area contributed by atoms with Gasteiger partial charge in [0.2, 0.25) is 5.88 Å². The average molecular weight is 284 g/mol. The number of hydrogen-bond donors (Lipinski definition) is 0. The van der Waals surface area contributed by atoms with E-state index in [1.54, 1.807) is 19.4 Å². The molecule has 0 saturated heterocycles. The Morgan fingerprint density at radius 3 is 2.48 bits per heavy atom. The molecule has 0 bridgehead atoms. The van der Waals surface area contributed by atoms with Crippen LogP contribution in [-0.4, -0.2) is 32.4 Å². The fraction of sp³-hybridized carbons (Fsp3) is 0.250. The first-order valence-electron chi connectivity index (χ1n) is 6.45. The van der Waals surface area contributed by atoms with Gasteiger partial charge in [0, 0.05) is 18.9 Å². The molecule has 5 heteroatoms. The van der Waals surface area contributed by atoms with E-state index in [-0.39, 0.29) is 0 Å². The van der Waals surface area contributed by atoms with Crippen LogP contribution in [0.3, 0.4) is 0 Å². The summed E-state index contributed by atoms with van der Waals surface area (Å²) in [4.78, 5) is 4.04. The Labute approximate surface area is 123 Å². The Morgan fingerprint density at radius 1 is 1.10 bits per heavy atom. The van der Waals surface area contributed by atoms with Gasteiger partial charge in [-0.25, -0.2) is 4.98 Å². The SMILES string of the molecule is COCCOc1ccc(-c2ccnc(OC)c2C#N)cc1. The zero-order chi connectivity index (χ0) is 15.1. The second kappa shape index (κ2) is 7.27. The molecule has 0 amide bonds. The van der Waals surface area contributed by atoms with Crippen molar-refractivity contribution in [3.63, 3.8) is 0 Å². The molecule has 2 rings (SSSR count). The zero-order valence-electron chi connectivity index (χ0n) is 12.0. The van der Waals surface area contributed by atoms with Gasteiger partial charge in [-0.15, -0.1) is 0 Å². The van der Waals surface area contributed by atoms with Crippen LogP contribution < -0.4 is 9.47 Å². The lowest BCUT2D eigenvalue weighted by molar-refractivity contribution is 0.146. The van der Waals surface area contributed by atoms with E-state index in [9.17, 15) is 5.26 Å². The molecule has 0 radical (unpaired) electrons. The van der Waals surface area contributed by atoms with Gasteiger partial charge in [0.1, 0.15) is 24.0 Å². The highest BCUT2D eigenvalue weighted by Crippen LogP contribution is 2.29. The highest BCUT2D eigenvalue weighted by atomic mass is 16.5. The zero-order valence-corrected chi connectivity index (χ0v) is 12.0. The molecule has 0 unspecified atom stereocenters. The number of nitriles is 1. The van der Waals surface area contributed by atoms with Crippen LogP contribution in [0.2, 0.25) is 0 Å². The molecule has 0 atom stereocenters. The molecule has 5 nitrogen and oxygen atoms in total. The van der Waals surface area contributed by atoms with Crippen LogP contribution in [0.4, 0.5) is 0 Å². The van der Waals surface area contributed by atoms with Gasteiger partial charge in [-0.05, 0) is 23.8 Å². The van der Waals surface area contributed by atoms with Gasteiger partial charge in [-0.2, -0.15) is 5.26 Å². The van der Waals surface area contributed by atoms with Crippen LogP contribution in [0.1, 0.15) is 5.56 Å². The highest BCUT2D eigenvalue weighted by molar-refractivity contribution is 5.72. The third-order valence-corrected chi connectivity index (χ3v) is 2.94. The van der Waals surface area contributed by atoms with Gasteiger partial charge in [-0.3, -0.25) is 0 Å². The van der Waals surface area contributed by atoms with Crippen LogP contribution in [0, 0.1) is 11.3 Å². The minimum Gasteiger partial charge on any atom is -0.491 e. The van der Waals surface area contributed by atoms with Crippen LogP contribution in [0.15, 0.2) is 36.5 Å². The predicted octanol–water partition coefficient (Wildman–Crippen LogP) is 2.65. The number of rotatable bonds is 6. The lowest BCUT2D eigenvalue weighted by Crippen LogP contribution is -2.03. The van der Waals surface area contributed by atoms with Crippen molar-refractivity contribution in [3.05, 3.63) is 42.1 Å². The molecule has 1 aromatic carbocycles. The lowest BCUT2D eigenvalue weighted by Gasteiger charge is -2.09. The first-order chi connectivity index (χ1) is 10.3. The van der Waals surface area contributed by atoms with Crippen LogP contribution in [0.5, 0.6) is 11.6 Å². The molecule has 0 aliphatic carbocycles. The minimum atomic E-state index is 0.329. The normalized spacial score (nSPS) is 9.95. The Hall–Kier alpha value is -2.58. The molecule has 0 spiro atoms. The fourth-order valence-corrected chi connectivity index (χ4v) is 1.92. The van der Waals surface area contributed by atoms with Gasteiger partial charge >= 0.3 is 0 Å². The second-order valence-corrected chi connectivity index (χ2v) is 4.22. The van der Waals surface area contributed by atoms with Crippen molar-refractivity contribution in [1.82, 2.24) is 4.98 Å². The van der Waals surface area contributed by atoms with Crippen molar-refractivity contribution in [1.29, 1.82) is 5.26 Å². The van der Waals surface area contributed by atoms with Crippen molar-refractivity contribution in [3.8, 4) is 28.8 Å². The molecule has 0 aliphatic heterocycles. The van der Waals surface area contributed by atoms with Crippen LogP contribution >= 0.6 is 0 Å². The van der Waals surface area contributed by atoms with E-state index in [0.717, 1.165) is 16.9 Å². The van der Waals surface area contributed by atoms with E-state index in [2.05, 4.69) is 11.1 Å². The van der Waals surface area contributed by atoms with Crippen molar-refractivity contribution in [2.45, 2.75) is 0 Å². The third kappa shape index (κ3) is 3.50. The standard InChI is InChI=1S/C16H16N2O3/c1-19-9-10-21-13-5-3-12(4-6-13)14-7-8-18-16(20-2)15(14)11-17/h3-8H,9-10H2,1-2H3. The highest BCUT2D eigenvalue weighted by Gasteiger charge is 2.11. The number of methoxy groups -OCH3 is 2. The van der Waals surface area contributed by atoms with Gasteiger partial charge in [0.05, 0.1) is 13.7 Å². The number of benzene rings is 1. The molecule has 0 saturated carbocycles. The summed E-state index contributed by atoms with van der Waals surface area (Å²) in [5, 5.41) is 9.28. The van der Waals surface area contributed by atoms with E-state index < -0.39 is 0 Å². The first kappa shape index (κ1) is 14.8. The lowest BCUT2D eigenvalue weighted by atomic mass is 10.0. The number of nitrogens with zero attached hydrogens (tertiary/aromatic N) is 2. The van der Waals surface area contributed by atoms with E-state index in [1.807, 2.05) is 24.3 Å². The quantitative estimate of drug-likeness (QED) is 0.763. The van der Waals surface area contributed by atoms with Crippen molar-refractivity contribution in [2.24, 2.45) is 0 Å². The summed E-state index contributed by atoms with van der Waals surface area (Å²) in [5.41, 5.74) is 2.12. The number of hydrogen-bond acceptors (Lipinski definition) is 5. The van der Waals surface area contributed by atoms with Crippen LogP contribution in [-0.2, 0) is 4.74 Å². The molecule has 21 heavy (non-hydrogen) atoms. The molecule has 1 heterocycles. The molecule has 2 aromatic rings. The second-order valence-electron chi connectivity index (χ2n) is 4.22. The predicted molar refractivity (Wildman–Crippen MR) is 78.3 cm³/mol. The number of aromatic nitrogens is 1. The minimum absolute atomic E-state index is 0.329. The molecular weight excluding hydrogens is 268 g/mol. The van der Waals surface area contributed by atoms with Gasteiger partial charge in [-0.1, -0.05) is 12.1 Å². The van der Waals surface area contributed by atoms with Gasteiger partial charge in [0.15, 0.2) is 0 Å². The summed E-state index contributed by atoms with van der Waals surface area (Å²) in [6, 6.07) is 11.4. The number of pyridine rings is 1. The Bertz CT molecular complexity index is 633. The maximum absolute atomic E-state index is 9.28. The topological polar surface area (TPSA) is 64.4 Å². The van der Waals surface area contributed by atoms with Crippen molar-refractivity contribution < 1.29 is 14.2 Å². The smallest absolute Gasteiger partial charge is 0.232 e. The molecule has 0 N–H and O–H groups in total. The molecule has 1 aromatic heterocycles. The van der Waals surface area contributed by atoms with Gasteiger partial charge in [0.25, 0.3) is 0 Å². The van der Waals surface area contributed by atoms with Gasteiger partial charge < -0.3 is 14.2 Å². The Kier molecular flexibility index (Phi) is 5.13. The van der Waals surface area contributed by atoms with Crippen LogP contribution in [0.25, 0.3) is 11.1 Å². The fourth-order valence-electron chi connectivity index (χ4n) is 1.92. The van der Waals surface area contributed by atoms with Crippen molar-refractivity contribution in [2.75, 3.05) is 27.4 Å². The Balaban J connectivity index is 2.25. The monoisotopic (exact) mass is 284 g/mol. The summed E-state index contributed by atoms with van der Waals surface area (Å²) < 4.78 is 15.6. The van der Waals surface area contributed by atoms with Crippen molar-refractivity contribution >= 4 is 0 Å². The summed E-state index contributed by atoms with van der Waals surface area (Å²) in [5.74, 6) is 1.09. The summed E-state index contributed by atoms with van der Waals surface area (Å²) in [7, 11) is 3.13. The average Bonchev–Trinajstić information content (AvgIpc) is 2.55. The molecule has 0 fully saturated rings. The molecule has 108 valence electrons. The molecular formula is C16H16N2O3. The third-order valence-electron chi connectivity index (χ3n) is 2.94. The summed E-state index contributed by atoms with van der Waals surface area (Å²) in [6.07, 6.45) is 1.62.